The van der Waals surface area contributed by atoms with Gasteiger partial charge in [-0.25, -0.2) is 8.78 Å². The van der Waals surface area contributed by atoms with Crippen molar-refractivity contribution in [3.63, 3.8) is 0 Å². The molecule has 0 aromatic heterocycles. The minimum Gasteiger partial charge on any atom is -0.493 e. The molecule has 0 aliphatic heterocycles. The van der Waals surface area contributed by atoms with Gasteiger partial charge in [-0.05, 0) is 13.8 Å². The zero-order valence-corrected chi connectivity index (χ0v) is 8.57. The zero-order chi connectivity index (χ0) is 10.9. The first kappa shape index (κ1) is 10.8. The summed E-state index contributed by atoms with van der Waals surface area (Å²) in [6.45, 7) is 2.89. The first-order valence-corrected chi connectivity index (χ1v) is 4.10. The number of hydrogen-bond donors (Lipinski definition) is 0. The van der Waals surface area contributed by atoms with Gasteiger partial charge < -0.3 is 9.47 Å². The molecular formula is C10H12F2O2. The predicted molar refractivity (Wildman–Crippen MR) is 48.9 cm³/mol. The molecule has 78 valence electrons. The molecule has 0 unspecified atom stereocenters. The molecule has 0 saturated heterocycles. The van der Waals surface area contributed by atoms with E-state index in [2.05, 4.69) is 0 Å². The fourth-order valence-electron chi connectivity index (χ4n) is 1.35. The van der Waals surface area contributed by atoms with E-state index < -0.39 is 11.6 Å². The van der Waals surface area contributed by atoms with E-state index in [4.69, 9.17) is 9.47 Å². The van der Waals surface area contributed by atoms with E-state index in [-0.39, 0.29) is 22.6 Å². The fourth-order valence-corrected chi connectivity index (χ4v) is 1.35. The van der Waals surface area contributed by atoms with Crippen LogP contribution in [0.2, 0.25) is 0 Å². The Morgan fingerprint density at radius 1 is 0.786 bits per heavy atom. The Hall–Kier alpha value is -1.32. The molecule has 0 N–H and O–H groups in total. The van der Waals surface area contributed by atoms with Crippen LogP contribution in [0, 0.1) is 25.5 Å². The fraction of sp³-hybridized carbons (Fsp3) is 0.400. The molecular weight excluding hydrogens is 190 g/mol. The van der Waals surface area contributed by atoms with Crippen molar-refractivity contribution in [2.45, 2.75) is 13.8 Å². The Balaban J connectivity index is 3.55. The van der Waals surface area contributed by atoms with E-state index in [9.17, 15) is 8.78 Å². The van der Waals surface area contributed by atoms with E-state index in [1.54, 1.807) is 0 Å². The SMILES string of the molecule is COc1c(C)c(F)c(OC)c(C)c1F. The van der Waals surface area contributed by atoms with Gasteiger partial charge in [0.15, 0.2) is 23.1 Å². The van der Waals surface area contributed by atoms with Crippen LogP contribution in [-0.2, 0) is 0 Å². The number of rotatable bonds is 2. The van der Waals surface area contributed by atoms with Crippen molar-refractivity contribution in [2.24, 2.45) is 0 Å². The predicted octanol–water partition coefficient (Wildman–Crippen LogP) is 2.60. The molecule has 1 aromatic rings. The second-order valence-corrected chi connectivity index (χ2v) is 2.94. The molecule has 2 nitrogen and oxygen atoms in total. The molecule has 0 heterocycles. The number of ether oxygens (including phenoxy) is 2. The Morgan fingerprint density at radius 2 is 1.07 bits per heavy atom. The van der Waals surface area contributed by atoms with E-state index >= 15 is 0 Å². The van der Waals surface area contributed by atoms with Gasteiger partial charge in [-0.2, -0.15) is 0 Å². The largest absolute Gasteiger partial charge is 0.493 e. The van der Waals surface area contributed by atoms with Gasteiger partial charge in [-0.3, -0.25) is 0 Å². The van der Waals surface area contributed by atoms with Crippen molar-refractivity contribution in [3.05, 3.63) is 22.8 Å². The second kappa shape index (κ2) is 3.82. The van der Waals surface area contributed by atoms with Gasteiger partial charge in [0.05, 0.1) is 14.2 Å². The standard InChI is InChI=1S/C10H12F2O2/c1-5-7(11)10(14-4)6(2)8(12)9(5)13-3/h1-4H3. The van der Waals surface area contributed by atoms with Crippen LogP contribution < -0.4 is 9.47 Å². The van der Waals surface area contributed by atoms with Crippen molar-refractivity contribution in [1.29, 1.82) is 0 Å². The summed E-state index contributed by atoms with van der Waals surface area (Å²) in [6.07, 6.45) is 0. The lowest BCUT2D eigenvalue weighted by atomic mass is 10.1. The second-order valence-electron chi connectivity index (χ2n) is 2.94. The Kier molecular flexibility index (Phi) is 2.93. The molecule has 0 radical (unpaired) electrons. The third-order valence-electron chi connectivity index (χ3n) is 2.15. The molecule has 0 spiro atoms. The van der Waals surface area contributed by atoms with Crippen LogP contribution in [0.4, 0.5) is 8.78 Å². The van der Waals surface area contributed by atoms with Crippen molar-refractivity contribution < 1.29 is 18.3 Å². The lowest BCUT2D eigenvalue weighted by molar-refractivity contribution is 0.351. The molecule has 0 fully saturated rings. The van der Waals surface area contributed by atoms with Gasteiger partial charge in [-0.15, -0.1) is 0 Å². The summed E-state index contributed by atoms with van der Waals surface area (Å²) >= 11 is 0. The molecule has 0 bridgehead atoms. The quantitative estimate of drug-likeness (QED) is 0.733. The molecule has 0 atom stereocenters. The van der Waals surface area contributed by atoms with E-state index in [0.29, 0.717) is 0 Å². The summed E-state index contributed by atoms with van der Waals surface area (Å²) in [7, 11) is 2.60. The van der Waals surface area contributed by atoms with Gasteiger partial charge in [0.1, 0.15) is 0 Å². The third-order valence-corrected chi connectivity index (χ3v) is 2.15. The van der Waals surface area contributed by atoms with Crippen molar-refractivity contribution in [2.75, 3.05) is 14.2 Å². The summed E-state index contributed by atoms with van der Waals surface area (Å²) in [6, 6.07) is 0. The van der Waals surface area contributed by atoms with Crippen LogP contribution in [0.3, 0.4) is 0 Å². The summed E-state index contributed by atoms with van der Waals surface area (Å²) in [4.78, 5) is 0. The lowest BCUT2D eigenvalue weighted by Gasteiger charge is -2.13. The number of halogens is 2. The van der Waals surface area contributed by atoms with E-state index in [1.165, 1.54) is 28.1 Å². The summed E-state index contributed by atoms with van der Waals surface area (Å²) in [5, 5.41) is 0. The van der Waals surface area contributed by atoms with Crippen molar-refractivity contribution in [3.8, 4) is 11.5 Å². The van der Waals surface area contributed by atoms with Gasteiger partial charge >= 0.3 is 0 Å². The summed E-state index contributed by atoms with van der Waals surface area (Å²) in [5.41, 5.74) is 0.236. The average Bonchev–Trinajstić information content (AvgIpc) is 2.17. The molecule has 0 amide bonds. The maximum absolute atomic E-state index is 13.5. The number of benzene rings is 1. The molecule has 1 aromatic carbocycles. The van der Waals surface area contributed by atoms with E-state index in [1.807, 2.05) is 0 Å². The highest BCUT2D eigenvalue weighted by atomic mass is 19.1. The van der Waals surface area contributed by atoms with Crippen LogP contribution in [0.5, 0.6) is 11.5 Å². The molecule has 14 heavy (non-hydrogen) atoms. The first-order valence-electron chi connectivity index (χ1n) is 4.10. The minimum absolute atomic E-state index is 0.0687. The normalized spacial score (nSPS) is 10.1. The zero-order valence-electron chi connectivity index (χ0n) is 8.57. The average molecular weight is 202 g/mol. The third kappa shape index (κ3) is 1.41. The molecule has 0 aliphatic rings. The van der Waals surface area contributed by atoms with Gasteiger partial charge in [-0.1, -0.05) is 0 Å². The highest BCUT2D eigenvalue weighted by Crippen LogP contribution is 2.35. The van der Waals surface area contributed by atoms with Gasteiger partial charge in [0, 0.05) is 11.1 Å². The van der Waals surface area contributed by atoms with Crippen molar-refractivity contribution in [1.82, 2.24) is 0 Å². The topological polar surface area (TPSA) is 18.5 Å². The minimum atomic E-state index is -0.580. The van der Waals surface area contributed by atoms with Crippen LogP contribution >= 0.6 is 0 Å². The highest BCUT2D eigenvalue weighted by molar-refractivity contribution is 5.48. The molecule has 0 saturated carbocycles. The summed E-state index contributed by atoms with van der Waals surface area (Å²) < 4.78 is 36.6. The molecule has 1 rings (SSSR count). The van der Waals surface area contributed by atoms with Crippen LogP contribution in [-0.4, -0.2) is 14.2 Å². The van der Waals surface area contributed by atoms with Crippen LogP contribution in [0.25, 0.3) is 0 Å². The van der Waals surface area contributed by atoms with Crippen LogP contribution in [0.15, 0.2) is 0 Å². The van der Waals surface area contributed by atoms with E-state index in [0.717, 1.165) is 0 Å². The van der Waals surface area contributed by atoms with Crippen LogP contribution in [0.1, 0.15) is 11.1 Å². The highest BCUT2D eigenvalue weighted by Gasteiger charge is 2.20. The number of methoxy groups -OCH3 is 2. The van der Waals surface area contributed by atoms with Gasteiger partial charge in [0.25, 0.3) is 0 Å². The smallest absolute Gasteiger partial charge is 0.172 e. The Morgan fingerprint density at radius 3 is 1.29 bits per heavy atom. The molecule has 4 heteroatoms. The summed E-state index contributed by atoms with van der Waals surface area (Å²) in [5.74, 6) is -1.30. The Labute approximate surface area is 81.4 Å². The van der Waals surface area contributed by atoms with Gasteiger partial charge in [0.2, 0.25) is 0 Å². The Bertz CT molecular complexity index is 298. The number of hydrogen-bond acceptors (Lipinski definition) is 2. The molecule has 0 aliphatic carbocycles. The monoisotopic (exact) mass is 202 g/mol. The first-order chi connectivity index (χ1) is 6.54. The maximum Gasteiger partial charge on any atom is 0.172 e. The van der Waals surface area contributed by atoms with Crippen molar-refractivity contribution >= 4 is 0 Å². The maximum atomic E-state index is 13.5. The lowest BCUT2D eigenvalue weighted by Crippen LogP contribution is -2.02.